The fraction of sp³-hybridized carbons (Fsp3) is 0.417. The number of carbonyl (C=O) groups is 1. The van der Waals surface area contributed by atoms with Gasteiger partial charge in [0.05, 0.1) is 10.6 Å². The van der Waals surface area contributed by atoms with E-state index in [1.54, 1.807) is 20.8 Å². The second-order valence-electron chi connectivity index (χ2n) is 4.37. The number of carboxylic acid groups (broad SMARTS) is 1. The fourth-order valence-electron chi connectivity index (χ4n) is 1.85. The van der Waals surface area contributed by atoms with Crippen LogP contribution < -0.4 is 0 Å². The Hall–Kier alpha value is -0.820. The third-order valence-corrected chi connectivity index (χ3v) is 5.62. The molecule has 0 aromatic heterocycles. The Kier molecular flexibility index (Phi) is 5.43. The molecule has 0 aliphatic carbocycles. The normalized spacial score (nSPS) is 12.2. The van der Waals surface area contributed by atoms with Crippen LogP contribution in [0.4, 0.5) is 0 Å². The van der Waals surface area contributed by atoms with Crippen molar-refractivity contribution in [2.75, 3.05) is 6.54 Å². The van der Waals surface area contributed by atoms with E-state index >= 15 is 0 Å². The van der Waals surface area contributed by atoms with Gasteiger partial charge in [0.15, 0.2) is 0 Å². The van der Waals surface area contributed by atoms with Gasteiger partial charge in [-0.05, 0) is 26.0 Å². The lowest BCUT2D eigenvalue weighted by Gasteiger charge is -2.25. The molecule has 1 aromatic carbocycles. The first-order chi connectivity index (χ1) is 9.12. The second-order valence-corrected chi connectivity index (χ2v) is 7.05. The van der Waals surface area contributed by atoms with E-state index in [2.05, 4.69) is 0 Å². The number of benzene rings is 1. The molecule has 1 N–H and O–H groups in total. The van der Waals surface area contributed by atoms with Crippen LogP contribution in [-0.2, 0) is 10.0 Å². The number of carboxylic acids is 1. The van der Waals surface area contributed by atoms with Crippen LogP contribution in [0.1, 0.15) is 31.1 Å². The van der Waals surface area contributed by atoms with Crippen LogP contribution in [0.5, 0.6) is 0 Å². The summed E-state index contributed by atoms with van der Waals surface area (Å²) in [5, 5.41) is 8.71. The molecule has 0 amide bonds. The van der Waals surface area contributed by atoms with Gasteiger partial charge in [-0.25, -0.2) is 13.2 Å². The molecule has 0 aliphatic heterocycles. The maximum Gasteiger partial charge on any atom is 0.337 e. The van der Waals surface area contributed by atoms with Crippen molar-refractivity contribution in [1.29, 1.82) is 0 Å². The molecule has 0 spiro atoms. The van der Waals surface area contributed by atoms with Crippen LogP contribution in [0.3, 0.4) is 0 Å². The highest BCUT2D eigenvalue weighted by molar-refractivity contribution is 7.89. The summed E-state index contributed by atoms with van der Waals surface area (Å²) in [5.74, 6) is -1.33. The standard InChI is InChI=1S/C12H15Cl2NO4S/c1-4-15(7(2)3)20(18,19)10-6-8(13)5-9(11(10)14)12(16)17/h5-7H,4H2,1-3H3,(H,16,17). The number of hydrogen-bond donors (Lipinski definition) is 1. The third kappa shape index (κ3) is 3.25. The third-order valence-electron chi connectivity index (χ3n) is 2.71. The topological polar surface area (TPSA) is 74.7 Å². The van der Waals surface area contributed by atoms with Crippen molar-refractivity contribution in [3.63, 3.8) is 0 Å². The molecule has 0 radical (unpaired) electrons. The molecule has 112 valence electrons. The average Bonchev–Trinajstić information content (AvgIpc) is 2.31. The molecule has 1 rings (SSSR count). The summed E-state index contributed by atoms with van der Waals surface area (Å²) in [6.07, 6.45) is 0. The van der Waals surface area contributed by atoms with E-state index in [9.17, 15) is 13.2 Å². The Morgan fingerprint density at radius 2 is 1.90 bits per heavy atom. The summed E-state index contributed by atoms with van der Waals surface area (Å²) in [7, 11) is -3.91. The van der Waals surface area contributed by atoms with Crippen molar-refractivity contribution >= 4 is 39.2 Å². The summed E-state index contributed by atoms with van der Waals surface area (Å²) in [5.41, 5.74) is -0.336. The fourth-order valence-corrected chi connectivity index (χ4v) is 4.37. The smallest absolute Gasteiger partial charge is 0.337 e. The summed E-state index contributed by atoms with van der Waals surface area (Å²) < 4.78 is 26.3. The molecule has 0 atom stereocenters. The molecule has 0 bridgehead atoms. The zero-order valence-electron chi connectivity index (χ0n) is 11.2. The molecular formula is C12H15Cl2NO4S. The summed E-state index contributed by atoms with van der Waals surface area (Å²) in [6, 6.07) is 2.00. The molecule has 0 saturated heterocycles. The van der Waals surface area contributed by atoms with Crippen molar-refractivity contribution in [3.8, 4) is 0 Å². The molecule has 0 aliphatic rings. The second kappa shape index (κ2) is 6.30. The lowest BCUT2D eigenvalue weighted by molar-refractivity contribution is 0.0697. The highest BCUT2D eigenvalue weighted by Gasteiger charge is 2.30. The zero-order chi connectivity index (χ0) is 15.7. The monoisotopic (exact) mass is 339 g/mol. The first-order valence-corrected chi connectivity index (χ1v) is 8.06. The number of sulfonamides is 1. The molecule has 1 aromatic rings. The number of rotatable bonds is 5. The van der Waals surface area contributed by atoms with Gasteiger partial charge in [0.1, 0.15) is 4.90 Å². The molecule has 0 saturated carbocycles. The van der Waals surface area contributed by atoms with Crippen LogP contribution in [0.15, 0.2) is 17.0 Å². The Labute approximate surface area is 128 Å². The minimum atomic E-state index is -3.91. The molecular weight excluding hydrogens is 325 g/mol. The Morgan fingerprint density at radius 1 is 1.35 bits per heavy atom. The predicted octanol–water partition coefficient (Wildman–Crippen LogP) is 3.11. The Morgan fingerprint density at radius 3 is 2.30 bits per heavy atom. The van der Waals surface area contributed by atoms with Crippen LogP contribution in [0, 0.1) is 0 Å². The van der Waals surface area contributed by atoms with Gasteiger partial charge in [0.2, 0.25) is 10.0 Å². The highest BCUT2D eigenvalue weighted by atomic mass is 35.5. The maximum atomic E-state index is 12.5. The largest absolute Gasteiger partial charge is 0.478 e. The Balaban J connectivity index is 3.58. The van der Waals surface area contributed by atoms with E-state index in [-0.39, 0.29) is 33.1 Å². The summed E-state index contributed by atoms with van der Waals surface area (Å²) in [6.45, 7) is 5.37. The average molecular weight is 340 g/mol. The van der Waals surface area contributed by atoms with Gasteiger partial charge >= 0.3 is 5.97 Å². The number of halogens is 2. The van der Waals surface area contributed by atoms with Gasteiger partial charge in [0, 0.05) is 17.6 Å². The van der Waals surface area contributed by atoms with E-state index in [0.717, 1.165) is 12.1 Å². The first-order valence-electron chi connectivity index (χ1n) is 5.87. The van der Waals surface area contributed by atoms with Gasteiger partial charge in [-0.1, -0.05) is 30.1 Å². The molecule has 0 fully saturated rings. The summed E-state index contributed by atoms with van der Waals surface area (Å²) in [4.78, 5) is 10.8. The van der Waals surface area contributed by atoms with Crippen molar-refractivity contribution in [2.24, 2.45) is 0 Å². The van der Waals surface area contributed by atoms with E-state index in [4.69, 9.17) is 28.3 Å². The summed E-state index contributed by atoms with van der Waals surface area (Å²) >= 11 is 11.7. The van der Waals surface area contributed by atoms with E-state index in [1.807, 2.05) is 0 Å². The first kappa shape index (κ1) is 17.2. The van der Waals surface area contributed by atoms with E-state index < -0.39 is 16.0 Å². The van der Waals surface area contributed by atoms with Gasteiger partial charge in [-0.3, -0.25) is 0 Å². The van der Waals surface area contributed by atoms with Crippen molar-refractivity contribution in [1.82, 2.24) is 4.31 Å². The lowest BCUT2D eigenvalue weighted by atomic mass is 10.2. The van der Waals surface area contributed by atoms with Crippen LogP contribution >= 0.6 is 23.2 Å². The highest BCUT2D eigenvalue weighted by Crippen LogP contribution is 2.32. The van der Waals surface area contributed by atoms with Gasteiger partial charge in [-0.2, -0.15) is 4.31 Å². The number of hydrogen-bond acceptors (Lipinski definition) is 3. The lowest BCUT2D eigenvalue weighted by Crippen LogP contribution is -2.36. The van der Waals surface area contributed by atoms with Crippen LogP contribution in [-0.4, -0.2) is 36.4 Å². The van der Waals surface area contributed by atoms with E-state index in [0.29, 0.717) is 0 Å². The SMILES string of the molecule is CCN(C(C)C)S(=O)(=O)c1cc(Cl)cc(C(=O)O)c1Cl. The minimum Gasteiger partial charge on any atom is -0.478 e. The minimum absolute atomic E-state index is 0.00480. The van der Waals surface area contributed by atoms with Crippen molar-refractivity contribution < 1.29 is 18.3 Å². The maximum absolute atomic E-state index is 12.5. The van der Waals surface area contributed by atoms with Gasteiger partial charge < -0.3 is 5.11 Å². The molecule has 20 heavy (non-hydrogen) atoms. The van der Waals surface area contributed by atoms with Crippen LogP contribution in [0.2, 0.25) is 10.0 Å². The van der Waals surface area contributed by atoms with Gasteiger partial charge in [-0.15, -0.1) is 0 Å². The Bertz CT molecular complexity index is 629. The number of nitrogens with zero attached hydrogens (tertiary/aromatic N) is 1. The number of aromatic carboxylic acids is 1. The van der Waals surface area contributed by atoms with Crippen LogP contribution in [0.25, 0.3) is 0 Å². The quantitative estimate of drug-likeness (QED) is 0.894. The molecule has 5 nitrogen and oxygen atoms in total. The molecule has 8 heteroatoms. The molecule has 0 unspecified atom stereocenters. The van der Waals surface area contributed by atoms with Crippen molar-refractivity contribution in [3.05, 3.63) is 27.7 Å². The van der Waals surface area contributed by atoms with Gasteiger partial charge in [0.25, 0.3) is 0 Å². The van der Waals surface area contributed by atoms with Crippen molar-refractivity contribution in [2.45, 2.75) is 31.7 Å². The van der Waals surface area contributed by atoms with E-state index in [1.165, 1.54) is 4.31 Å². The zero-order valence-corrected chi connectivity index (χ0v) is 13.6. The predicted molar refractivity (Wildman–Crippen MR) is 78.1 cm³/mol. The molecule has 0 heterocycles.